The van der Waals surface area contributed by atoms with Crippen molar-refractivity contribution >= 4 is 22.5 Å². The topological polar surface area (TPSA) is 91.3 Å². The number of H-pyrrole nitrogens is 1. The van der Waals surface area contributed by atoms with Crippen molar-refractivity contribution in [2.45, 2.75) is 32.9 Å². The number of nitrogens with zero attached hydrogens (tertiary/aromatic N) is 2. The molecule has 4 rings (SSSR count). The molecule has 2 heterocycles. The Hall–Kier alpha value is -3.19. The Morgan fingerprint density at radius 3 is 2.57 bits per heavy atom. The molecule has 0 atom stereocenters. The molecule has 7 heteroatoms. The number of likely N-dealkylation sites (tertiary alicyclic amines) is 1. The first-order valence-corrected chi connectivity index (χ1v) is 10.3. The predicted octanol–water partition coefficient (Wildman–Crippen LogP) is 4.24. The molecule has 1 saturated heterocycles. The van der Waals surface area contributed by atoms with Gasteiger partial charge in [0.05, 0.1) is 10.5 Å². The molecule has 1 aromatic heterocycles. The van der Waals surface area contributed by atoms with Crippen molar-refractivity contribution in [2.24, 2.45) is 5.92 Å². The standard InChI is InChI=1S/C23H26N4O3/c1-16-8-10-26(11-9-16)15-18-4-2-17(3-5-18)13-25-23(28)21-14-24-22-7-6-19(27(29)30)12-20(21)22/h2-7,12,14,16,24H,8-11,13,15H2,1H3,(H,25,28). The first kappa shape index (κ1) is 20.1. The summed E-state index contributed by atoms with van der Waals surface area (Å²) >= 11 is 0. The third-order valence-corrected chi connectivity index (χ3v) is 5.88. The number of rotatable bonds is 6. The van der Waals surface area contributed by atoms with Gasteiger partial charge in [0.15, 0.2) is 0 Å². The lowest BCUT2D eigenvalue weighted by Crippen LogP contribution is -2.32. The van der Waals surface area contributed by atoms with Crippen LogP contribution >= 0.6 is 0 Å². The molecular weight excluding hydrogens is 380 g/mol. The Labute approximate surface area is 175 Å². The minimum absolute atomic E-state index is 0.0325. The fourth-order valence-electron chi connectivity index (χ4n) is 3.93. The van der Waals surface area contributed by atoms with Crippen LogP contribution in [0.2, 0.25) is 0 Å². The van der Waals surface area contributed by atoms with Gasteiger partial charge in [0.2, 0.25) is 0 Å². The van der Waals surface area contributed by atoms with E-state index in [0.717, 1.165) is 31.1 Å². The summed E-state index contributed by atoms with van der Waals surface area (Å²) in [4.78, 5) is 28.7. The zero-order valence-corrected chi connectivity index (χ0v) is 17.1. The molecule has 0 spiro atoms. The number of nitro benzene ring substituents is 1. The van der Waals surface area contributed by atoms with Gasteiger partial charge in [-0.1, -0.05) is 31.2 Å². The normalized spacial score (nSPS) is 15.4. The van der Waals surface area contributed by atoms with E-state index in [1.54, 1.807) is 12.3 Å². The Morgan fingerprint density at radius 2 is 1.87 bits per heavy atom. The Balaban J connectivity index is 1.36. The van der Waals surface area contributed by atoms with Crippen molar-refractivity contribution < 1.29 is 9.72 Å². The molecule has 2 N–H and O–H groups in total. The number of piperidine rings is 1. The minimum atomic E-state index is -0.458. The van der Waals surface area contributed by atoms with Gasteiger partial charge in [0.25, 0.3) is 11.6 Å². The summed E-state index contributed by atoms with van der Waals surface area (Å²) < 4.78 is 0. The quantitative estimate of drug-likeness (QED) is 0.473. The maximum absolute atomic E-state index is 12.6. The summed E-state index contributed by atoms with van der Waals surface area (Å²) in [5, 5.41) is 14.5. The number of benzene rings is 2. The summed E-state index contributed by atoms with van der Waals surface area (Å²) in [5.74, 6) is 0.573. The lowest BCUT2D eigenvalue weighted by atomic mass is 9.99. The van der Waals surface area contributed by atoms with Crippen LogP contribution in [0.15, 0.2) is 48.7 Å². The van der Waals surface area contributed by atoms with Gasteiger partial charge in [0, 0.05) is 42.3 Å². The van der Waals surface area contributed by atoms with Crippen molar-refractivity contribution in [2.75, 3.05) is 13.1 Å². The third kappa shape index (κ3) is 4.52. The number of nitrogens with one attached hydrogen (secondary N) is 2. The zero-order valence-electron chi connectivity index (χ0n) is 17.1. The second kappa shape index (κ2) is 8.67. The highest BCUT2D eigenvalue weighted by Gasteiger charge is 2.17. The van der Waals surface area contributed by atoms with Gasteiger partial charge in [0.1, 0.15) is 0 Å². The van der Waals surface area contributed by atoms with Gasteiger partial charge in [-0.2, -0.15) is 0 Å². The number of fused-ring (bicyclic) bond motifs is 1. The van der Waals surface area contributed by atoms with Crippen LogP contribution in [-0.2, 0) is 13.1 Å². The molecule has 0 radical (unpaired) electrons. The average molecular weight is 406 g/mol. The molecule has 30 heavy (non-hydrogen) atoms. The first-order valence-electron chi connectivity index (χ1n) is 10.3. The van der Waals surface area contributed by atoms with E-state index >= 15 is 0 Å². The molecule has 0 unspecified atom stereocenters. The van der Waals surface area contributed by atoms with Gasteiger partial charge in [-0.05, 0) is 49.0 Å². The summed E-state index contributed by atoms with van der Waals surface area (Å²) in [6.07, 6.45) is 4.12. The number of hydrogen-bond donors (Lipinski definition) is 2. The number of non-ortho nitro benzene ring substituents is 1. The second-order valence-electron chi connectivity index (χ2n) is 8.15. The summed E-state index contributed by atoms with van der Waals surface area (Å²) in [7, 11) is 0. The fourth-order valence-corrected chi connectivity index (χ4v) is 3.93. The van der Waals surface area contributed by atoms with Crippen molar-refractivity contribution in [1.29, 1.82) is 0 Å². The lowest BCUT2D eigenvalue weighted by molar-refractivity contribution is -0.384. The van der Waals surface area contributed by atoms with Gasteiger partial charge in [-0.25, -0.2) is 0 Å². The summed E-state index contributed by atoms with van der Waals surface area (Å²) in [6.45, 7) is 6.00. The average Bonchev–Trinajstić information content (AvgIpc) is 3.18. The summed E-state index contributed by atoms with van der Waals surface area (Å²) in [6, 6.07) is 12.8. The highest BCUT2D eigenvalue weighted by Crippen LogP contribution is 2.24. The van der Waals surface area contributed by atoms with E-state index in [-0.39, 0.29) is 11.6 Å². The fraction of sp³-hybridized carbons (Fsp3) is 0.348. The molecule has 0 aliphatic carbocycles. The number of aromatic amines is 1. The van der Waals surface area contributed by atoms with Crippen LogP contribution in [-0.4, -0.2) is 33.8 Å². The number of aromatic nitrogens is 1. The van der Waals surface area contributed by atoms with Crippen LogP contribution in [0.3, 0.4) is 0 Å². The molecule has 1 fully saturated rings. The lowest BCUT2D eigenvalue weighted by Gasteiger charge is -2.30. The second-order valence-corrected chi connectivity index (χ2v) is 8.15. The number of nitro groups is 1. The monoisotopic (exact) mass is 406 g/mol. The van der Waals surface area contributed by atoms with E-state index in [9.17, 15) is 14.9 Å². The number of carbonyl (C=O) groups excluding carboxylic acids is 1. The van der Waals surface area contributed by atoms with Gasteiger partial charge >= 0.3 is 0 Å². The van der Waals surface area contributed by atoms with E-state index in [2.05, 4.69) is 34.3 Å². The Bertz CT molecular complexity index is 1050. The molecule has 156 valence electrons. The maximum Gasteiger partial charge on any atom is 0.270 e. The molecule has 1 aliphatic heterocycles. The largest absolute Gasteiger partial charge is 0.360 e. The molecular formula is C23H26N4O3. The van der Waals surface area contributed by atoms with Crippen molar-refractivity contribution in [3.05, 3.63) is 75.5 Å². The van der Waals surface area contributed by atoms with Crippen LogP contribution in [0.4, 0.5) is 5.69 Å². The molecule has 0 saturated carbocycles. The minimum Gasteiger partial charge on any atom is -0.360 e. The Morgan fingerprint density at radius 1 is 1.17 bits per heavy atom. The molecule has 7 nitrogen and oxygen atoms in total. The van der Waals surface area contributed by atoms with Crippen LogP contribution in [0.1, 0.15) is 41.3 Å². The number of carbonyl (C=O) groups is 1. The predicted molar refractivity (Wildman–Crippen MR) is 116 cm³/mol. The zero-order chi connectivity index (χ0) is 21.1. The van der Waals surface area contributed by atoms with E-state index in [1.165, 1.54) is 30.5 Å². The summed E-state index contributed by atoms with van der Waals surface area (Å²) in [5.41, 5.74) is 3.37. The van der Waals surface area contributed by atoms with Gasteiger partial charge < -0.3 is 10.3 Å². The first-order chi connectivity index (χ1) is 14.5. The van der Waals surface area contributed by atoms with Gasteiger partial charge in [-0.15, -0.1) is 0 Å². The van der Waals surface area contributed by atoms with E-state index < -0.39 is 4.92 Å². The third-order valence-electron chi connectivity index (χ3n) is 5.88. The number of amides is 1. The molecule has 3 aromatic rings. The van der Waals surface area contributed by atoms with E-state index in [0.29, 0.717) is 23.0 Å². The van der Waals surface area contributed by atoms with Crippen LogP contribution in [0, 0.1) is 16.0 Å². The maximum atomic E-state index is 12.6. The van der Waals surface area contributed by atoms with Crippen LogP contribution < -0.4 is 5.32 Å². The molecule has 1 aliphatic rings. The highest BCUT2D eigenvalue weighted by molar-refractivity contribution is 6.07. The van der Waals surface area contributed by atoms with Crippen molar-refractivity contribution in [1.82, 2.24) is 15.2 Å². The molecule has 2 aromatic carbocycles. The van der Waals surface area contributed by atoms with Gasteiger partial charge in [-0.3, -0.25) is 19.8 Å². The smallest absolute Gasteiger partial charge is 0.270 e. The van der Waals surface area contributed by atoms with Crippen LogP contribution in [0.5, 0.6) is 0 Å². The number of hydrogen-bond acceptors (Lipinski definition) is 4. The Kier molecular flexibility index (Phi) is 5.81. The molecule has 1 amide bonds. The highest BCUT2D eigenvalue weighted by atomic mass is 16.6. The van der Waals surface area contributed by atoms with E-state index in [4.69, 9.17) is 0 Å². The van der Waals surface area contributed by atoms with Crippen LogP contribution in [0.25, 0.3) is 10.9 Å². The molecule has 0 bridgehead atoms. The van der Waals surface area contributed by atoms with Crippen molar-refractivity contribution in [3.63, 3.8) is 0 Å². The van der Waals surface area contributed by atoms with Crippen molar-refractivity contribution in [3.8, 4) is 0 Å². The van der Waals surface area contributed by atoms with E-state index in [1.807, 2.05) is 12.1 Å². The SMILES string of the molecule is CC1CCN(Cc2ccc(CNC(=O)c3c[nH]c4ccc([N+](=O)[O-])cc34)cc2)CC1.